The van der Waals surface area contributed by atoms with Gasteiger partial charge in [-0.3, -0.25) is 0 Å². The van der Waals surface area contributed by atoms with Crippen LogP contribution in [-0.4, -0.2) is 18.3 Å². The molecule has 1 N–H and O–H groups in total. The number of hydrogen-bond acceptors (Lipinski definition) is 5. The molecule has 112 valence electrons. The first-order valence-corrected chi connectivity index (χ1v) is 8.01. The van der Waals surface area contributed by atoms with Crippen LogP contribution < -0.4 is 14.8 Å². The Hall–Kier alpha value is -1.59. The fraction of sp³-hybridized carbons (Fsp3) is 0.438. The van der Waals surface area contributed by atoms with Gasteiger partial charge in [0.1, 0.15) is 0 Å². The molecule has 1 atom stereocenters. The zero-order chi connectivity index (χ0) is 14.8. The molecule has 0 fully saturated rings. The first-order chi connectivity index (χ1) is 10.1. The molecule has 5 heteroatoms. The molecule has 1 aliphatic heterocycles. The molecule has 0 amide bonds. The van der Waals surface area contributed by atoms with E-state index < -0.39 is 0 Å². The molecule has 0 saturated heterocycles. The van der Waals surface area contributed by atoms with Gasteiger partial charge in [0.15, 0.2) is 11.5 Å². The quantitative estimate of drug-likeness (QED) is 0.919. The monoisotopic (exact) mass is 304 g/mol. The molecule has 21 heavy (non-hydrogen) atoms. The van der Waals surface area contributed by atoms with Crippen LogP contribution in [0.3, 0.4) is 0 Å². The Labute approximate surface area is 129 Å². The largest absolute Gasteiger partial charge is 0.454 e. The molecule has 4 nitrogen and oxygen atoms in total. The maximum absolute atomic E-state index is 5.42. The number of aromatic nitrogens is 1. The number of ether oxygens (including phenoxy) is 2. The van der Waals surface area contributed by atoms with Crippen LogP contribution in [0.4, 0.5) is 0 Å². The van der Waals surface area contributed by atoms with Crippen LogP contribution in [0.5, 0.6) is 11.5 Å². The molecular formula is C16H20N2O2S. The van der Waals surface area contributed by atoms with Crippen LogP contribution in [0.1, 0.15) is 34.1 Å². The Morgan fingerprint density at radius 2 is 2.10 bits per heavy atom. The molecule has 1 aromatic carbocycles. The lowest BCUT2D eigenvalue weighted by molar-refractivity contribution is 0.174. The summed E-state index contributed by atoms with van der Waals surface area (Å²) in [5.41, 5.74) is 2.38. The van der Waals surface area contributed by atoms with Crippen molar-refractivity contribution in [3.05, 3.63) is 39.3 Å². The van der Waals surface area contributed by atoms with Crippen LogP contribution >= 0.6 is 11.3 Å². The highest BCUT2D eigenvalue weighted by Crippen LogP contribution is 2.34. The molecule has 2 heterocycles. The fourth-order valence-corrected chi connectivity index (χ4v) is 3.44. The minimum Gasteiger partial charge on any atom is -0.454 e. The van der Waals surface area contributed by atoms with Crippen LogP contribution in [0.2, 0.25) is 0 Å². The van der Waals surface area contributed by atoms with Crippen molar-refractivity contribution in [3.63, 3.8) is 0 Å². The number of aryl methyl sites for hydroxylation is 2. The van der Waals surface area contributed by atoms with E-state index in [4.69, 9.17) is 9.47 Å². The molecule has 1 unspecified atom stereocenters. The van der Waals surface area contributed by atoms with Crippen molar-refractivity contribution < 1.29 is 9.47 Å². The summed E-state index contributed by atoms with van der Waals surface area (Å²) in [5.74, 6) is 1.68. The highest BCUT2D eigenvalue weighted by atomic mass is 32.1. The summed E-state index contributed by atoms with van der Waals surface area (Å²) in [6.45, 7) is 7.58. The summed E-state index contributed by atoms with van der Waals surface area (Å²) in [7, 11) is 0. The molecule has 0 saturated carbocycles. The first kappa shape index (κ1) is 14.4. The van der Waals surface area contributed by atoms with E-state index in [-0.39, 0.29) is 6.04 Å². The van der Waals surface area contributed by atoms with Crippen LogP contribution in [0, 0.1) is 13.8 Å². The maximum Gasteiger partial charge on any atom is 0.231 e. The van der Waals surface area contributed by atoms with Crippen molar-refractivity contribution in [2.24, 2.45) is 0 Å². The minimum absolute atomic E-state index is 0.286. The van der Waals surface area contributed by atoms with Crippen LogP contribution in [-0.2, 0) is 6.42 Å². The van der Waals surface area contributed by atoms with E-state index in [1.54, 1.807) is 11.3 Å². The normalized spacial score (nSPS) is 14.4. The number of fused-ring (bicyclic) bond motifs is 1. The van der Waals surface area contributed by atoms with E-state index in [0.717, 1.165) is 35.2 Å². The third kappa shape index (κ3) is 3.19. The number of thiazole rings is 1. The summed E-state index contributed by atoms with van der Waals surface area (Å²) < 4.78 is 10.8. The molecule has 0 aliphatic carbocycles. The van der Waals surface area contributed by atoms with Gasteiger partial charge >= 0.3 is 0 Å². The summed E-state index contributed by atoms with van der Waals surface area (Å²) in [6, 6.07) is 6.41. The van der Waals surface area contributed by atoms with E-state index in [9.17, 15) is 0 Å². The molecule has 0 bridgehead atoms. The van der Waals surface area contributed by atoms with Crippen LogP contribution in [0.25, 0.3) is 0 Å². The number of nitrogens with zero attached hydrogens (tertiary/aromatic N) is 1. The van der Waals surface area contributed by atoms with Gasteiger partial charge in [0, 0.05) is 17.5 Å². The third-order valence-electron chi connectivity index (χ3n) is 3.70. The van der Waals surface area contributed by atoms with E-state index in [1.807, 2.05) is 6.07 Å². The van der Waals surface area contributed by atoms with Crippen LogP contribution in [0.15, 0.2) is 18.2 Å². The van der Waals surface area contributed by atoms with Crippen molar-refractivity contribution in [3.8, 4) is 11.5 Å². The second-order valence-corrected chi connectivity index (χ2v) is 6.57. The molecular weight excluding hydrogens is 284 g/mol. The summed E-state index contributed by atoms with van der Waals surface area (Å²) in [4.78, 5) is 5.84. The average Bonchev–Trinajstić information content (AvgIpc) is 3.04. The Morgan fingerprint density at radius 1 is 1.29 bits per heavy atom. The molecule has 1 aliphatic rings. The van der Waals surface area contributed by atoms with Crippen molar-refractivity contribution >= 4 is 11.3 Å². The van der Waals surface area contributed by atoms with Crippen molar-refractivity contribution in [1.82, 2.24) is 10.3 Å². The van der Waals surface area contributed by atoms with Crippen molar-refractivity contribution in [2.75, 3.05) is 13.3 Å². The van der Waals surface area contributed by atoms with Gasteiger partial charge in [-0.2, -0.15) is 0 Å². The smallest absolute Gasteiger partial charge is 0.231 e. The summed E-state index contributed by atoms with van der Waals surface area (Å²) >= 11 is 1.79. The predicted molar refractivity (Wildman–Crippen MR) is 84.3 cm³/mol. The van der Waals surface area contributed by atoms with E-state index >= 15 is 0 Å². The van der Waals surface area contributed by atoms with Gasteiger partial charge in [0.05, 0.1) is 10.7 Å². The van der Waals surface area contributed by atoms with Gasteiger partial charge in [-0.05, 0) is 44.9 Å². The second kappa shape index (κ2) is 6.03. The standard InChI is InChI=1S/C16H20N2O2S/c1-10(13-4-5-14-15(8-13)20-9-19-14)17-7-6-16-11(2)18-12(3)21-16/h4-5,8,10,17H,6-7,9H2,1-3H3. The number of rotatable bonds is 5. The zero-order valence-electron chi connectivity index (χ0n) is 12.6. The lowest BCUT2D eigenvalue weighted by Gasteiger charge is -2.14. The summed E-state index contributed by atoms with van der Waals surface area (Å²) in [5, 5.41) is 4.70. The van der Waals surface area contributed by atoms with Gasteiger partial charge in [0.25, 0.3) is 0 Å². The highest BCUT2D eigenvalue weighted by molar-refractivity contribution is 7.11. The summed E-state index contributed by atoms with van der Waals surface area (Å²) in [6.07, 6.45) is 1.02. The van der Waals surface area contributed by atoms with Gasteiger partial charge < -0.3 is 14.8 Å². The average molecular weight is 304 g/mol. The molecule has 1 aromatic heterocycles. The third-order valence-corrected chi connectivity index (χ3v) is 4.83. The predicted octanol–water partition coefficient (Wildman–Crippen LogP) is 3.38. The van der Waals surface area contributed by atoms with Crippen molar-refractivity contribution in [2.45, 2.75) is 33.2 Å². The number of nitrogens with one attached hydrogen (secondary N) is 1. The van der Waals surface area contributed by atoms with Gasteiger partial charge in [0.2, 0.25) is 6.79 Å². The van der Waals surface area contributed by atoms with Gasteiger partial charge in [-0.15, -0.1) is 11.3 Å². The van der Waals surface area contributed by atoms with Gasteiger partial charge in [-0.1, -0.05) is 6.07 Å². The maximum atomic E-state index is 5.42. The van der Waals surface area contributed by atoms with Gasteiger partial charge in [-0.25, -0.2) is 4.98 Å². The Morgan fingerprint density at radius 3 is 2.86 bits per heavy atom. The second-order valence-electron chi connectivity index (χ2n) is 5.28. The first-order valence-electron chi connectivity index (χ1n) is 7.19. The lowest BCUT2D eigenvalue weighted by Crippen LogP contribution is -2.21. The zero-order valence-corrected chi connectivity index (χ0v) is 13.4. The lowest BCUT2D eigenvalue weighted by atomic mass is 10.1. The Bertz CT molecular complexity index is 639. The van der Waals surface area contributed by atoms with E-state index in [1.165, 1.54) is 10.4 Å². The number of hydrogen-bond donors (Lipinski definition) is 1. The molecule has 2 aromatic rings. The van der Waals surface area contributed by atoms with E-state index in [2.05, 4.69) is 43.2 Å². The molecule has 0 radical (unpaired) electrons. The molecule has 0 spiro atoms. The topological polar surface area (TPSA) is 43.4 Å². The Balaban J connectivity index is 1.57. The Kier molecular flexibility index (Phi) is 4.12. The number of benzene rings is 1. The SMILES string of the molecule is Cc1nc(C)c(CCNC(C)c2ccc3c(c2)OCO3)s1. The fourth-order valence-electron chi connectivity index (χ4n) is 2.51. The highest BCUT2D eigenvalue weighted by Gasteiger charge is 2.15. The molecule has 3 rings (SSSR count). The van der Waals surface area contributed by atoms with E-state index in [0.29, 0.717) is 6.79 Å². The minimum atomic E-state index is 0.286. The van der Waals surface area contributed by atoms with Crippen molar-refractivity contribution in [1.29, 1.82) is 0 Å².